The molecule has 0 spiro atoms. The van der Waals surface area contributed by atoms with Gasteiger partial charge in [-0.25, -0.2) is 4.98 Å². The number of rotatable bonds is 7. The van der Waals surface area contributed by atoms with Crippen LogP contribution in [-0.2, 0) is 15.8 Å². The molecule has 0 aliphatic rings. The fourth-order valence-corrected chi connectivity index (χ4v) is 5.10. The average molecular weight is 453 g/mol. The van der Waals surface area contributed by atoms with Crippen molar-refractivity contribution in [3.8, 4) is 10.4 Å². The second kappa shape index (κ2) is 9.20. The quantitative estimate of drug-likeness (QED) is 0.399. The van der Waals surface area contributed by atoms with Crippen molar-refractivity contribution in [1.29, 1.82) is 0 Å². The third-order valence-corrected chi connectivity index (χ3v) is 12.6. The molecular weight excluding hydrogens is 416 g/mol. The van der Waals surface area contributed by atoms with Crippen molar-refractivity contribution in [3.63, 3.8) is 0 Å². The molecule has 4 nitrogen and oxygen atoms in total. The number of thiazole rings is 1. The molecule has 0 aliphatic heterocycles. The summed E-state index contributed by atoms with van der Waals surface area (Å²) in [6.45, 7) is 19.7. The van der Waals surface area contributed by atoms with Gasteiger partial charge >= 0.3 is 0 Å². The van der Waals surface area contributed by atoms with Crippen LogP contribution in [0, 0.1) is 6.92 Å². The molecule has 2 atom stereocenters. The zero-order chi connectivity index (χ0) is 22.0. The summed E-state index contributed by atoms with van der Waals surface area (Å²) in [5, 5.41) is 0.133. The average Bonchev–Trinajstić information content (AvgIpc) is 3.02. The summed E-state index contributed by atoms with van der Waals surface area (Å²) in [6.07, 6.45) is 0. The first-order valence-corrected chi connectivity index (χ1v) is 15.0. The molecule has 1 heterocycles. The number of aryl methyl sites for hydroxylation is 1. The number of aromatic nitrogens is 1. The van der Waals surface area contributed by atoms with Gasteiger partial charge in [-0.2, -0.15) is 0 Å². The Balaban J connectivity index is 2.25. The summed E-state index contributed by atoms with van der Waals surface area (Å²) in [5.41, 5.74) is 5.18. The highest BCUT2D eigenvalue weighted by Crippen LogP contribution is 2.37. The topological polar surface area (TPSA) is 57.2 Å². The Labute approximate surface area is 184 Å². The van der Waals surface area contributed by atoms with Gasteiger partial charge in [-0.3, -0.25) is 0 Å². The lowest BCUT2D eigenvalue weighted by Gasteiger charge is -2.37. The first-order valence-electron chi connectivity index (χ1n) is 10.0. The minimum absolute atomic E-state index is 0.124. The molecular formula is C22H36N2O2S2Si. The van der Waals surface area contributed by atoms with Crippen molar-refractivity contribution < 1.29 is 8.98 Å². The van der Waals surface area contributed by atoms with E-state index in [1.807, 2.05) is 33.2 Å². The normalized spacial score (nSPS) is 15.4. The standard InChI is InChI=1S/C22H36N2O2S2Si/c1-16-20(27-15-23-16)18-12-10-17(11-13-18)19(24-28(25)21(2,3)4)14-26-29(8,9)22(5,6)7/h10-13,15,19,24H,14H2,1-9H3/t19?,28-/m0/s1. The van der Waals surface area contributed by atoms with Crippen molar-refractivity contribution >= 4 is 31.0 Å². The van der Waals surface area contributed by atoms with E-state index in [4.69, 9.17) is 4.43 Å². The largest absolute Gasteiger partial charge is 0.598 e. The van der Waals surface area contributed by atoms with Gasteiger partial charge in [0.1, 0.15) is 4.75 Å². The number of nitrogens with zero attached hydrogens (tertiary/aromatic N) is 1. The van der Waals surface area contributed by atoms with Gasteiger partial charge < -0.3 is 8.98 Å². The Kier molecular flexibility index (Phi) is 7.79. The zero-order valence-electron chi connectivity index (χ0n) is 19.3. The molecule has 2 aromatic rings. The summed E-state index contributed by atoms with van der Waals surface area (Å²) < 4.78 is 22.3. The minimum Gasteiger partial charge on any atom is -0.598 e. The predicted octanol–water partition coefficient (Wildman–Crippen LogP) is 6.23. The second-order valence-electron chi connectivity index (χ2n) is 10.0. The molecule has 0 saturated carbocycles. The summed E-state index contributed by atoms with van der Waals surface area (Å²) in [6, 6.07) is 8.34. The van der Waals surface area contributed by atoms with E-state index >= 15 is 0 Å². The Morgan fingerprint density at radius 2 is 1.72 bits per heavy atom. The number of benzene rings is 1. The maximum absolute atomic E-state index is 12.8. The van der Waals surface area contributed by atoms with E-state index in [1.54, 1.807) is 11.3 Å². The third kappa shape index (κ3) is 6.39. The molecule has 0 radical (unpaired) electrons. The zero-order valence-corrected chi connectivity index (χ0v) is 21.9. The van der Waals surface area contributed by atoms with Gasteiger partial charge in [0.25, 0.3) is 0 Å². The van der Waals surface area contributed by atoms with Crippen LogP contribution in [0.4, 0.5) is 0 Å². The Morgan fingerprint density at radius 1 is 1.14 bits per heavy atom. The molecule has 0 bridgehead atoms. The smallest absolute Gasteiger partial charge is 0.192 e. The van der Waals surface area contributed by atoms with E-state index in [2.05, 4.69) is 67.8 Å². The summed E-state index contributed by atoms with van der Waals surface area (Å²) in [4.78, 5) is 5.54. The van der Waals surface area contributed by atoms with Crippen LogP contribution < -0.4 is 4.72 Å². The van der Waals surface area contributed by atoms with Crippen LogP contribution in [0.1, 0.15) is 58.8 Å². The van der Waals surface area contributed by atoms with Crippen LogP contribution >= 0.6 is 11.3 Å². The van der Waals surface area contributed by atoms with E-state index in [-0.39, 0.29) is 15.8 Å². The molecule has 0 fully saturated rings. The van der Waals surface area contributed by atoms with Crippen LogP contribution in [0.3, 0.4) is 0 Å². The van der Waals surface area contributed by atoms with Gasteiger partial charge in [-0.05, 0) is 57.0 Å². The first-order chi connectivity index (χ1) is 13.2. The van der Waals surface area contributed by atoms with Crippen LogP contribution in [0.15, 0.2) is 29.8 Å². The Bertz CT molecular complexity index is 792. The second-order valence-corrected chi connectivity index (χ2v) is 17.7. The van der Waals surface area contributed by atoms with Crippen molar-refractivity contribution in [1.82, 2.24) is 9.71 Å². The monoisotopic (exact) mass is 452 g/mol. The van der Waals surface area contributed by atoms with Crippen molar-refractivity contribution in [2.75, 3.05) is 6.61 Å². The van der Waals surface area contributed by atoms with Gasteiger partial charge in [-0.1, -0.05) is 45.0 Å². The summed E-state index contributed by atoms with van der Waals surface area (Å²) in [7, 11) is -1.90. The highest BCUT2D eigenvalue weighted by Gasteiger charge is 2.38. The molecule has 0 saturated heterocycles. The molecule has 29 heavy (non-hydrogen) atoms. The van der Waals surface area contributed by atoms with E-state index in [0.29, 0.717) is 6.61 Å². The van der Waals surface area contributed by atoms with Gasteiger partial charge in [0, 0.05) is 11.4 Å². The molecule has 0 aliphatic carbocycles. The van der Waals surface area contributed by atoms with E-state index in [0.717, 1.165) is 16.8 Å². The molecule has 1 aromatic heterocycles. The van der Waals surface area contributed by atoms with Gasteiger partial charge in [0.15, 0.2) is 8.32 Å². The van der Waals surface area contributed by atoms with Gasteiger partial charge in [0.05, 0.1) is 28.7 Å². The van der Waals surface area contributed by atoms with E-state index < -0.39 is 19.7 Å². The van der Waals surface area contributed by atoms with Crippen molar-refractivity contribution in [3.05, 3.63) is 41.0 Å². The maximum atomic E-state index is 12.8. The van der Waals surface area contributed by atoms with Crippen LogP contribution in [0.5, 0.6) is 0 Å². The Hall–Kier alpha value is -0.703. The highest BCUT2D eigenvalue weighted by atomic mass is 32.2. The number of hydrogen-bond donors (Lipinski definition) is 1. The maximum Gasteiger partial charge on any atom is 0.192 e. The molecule has 1 unspecified atom stereocenters. The lowest BCUT2D eigenvalue weighted by atomic mass is 10.0. The molecule has 162 valence electrons. The summed E-state index contributed by atoms with van der Waals surface area (Å²) >= 11 is 0.474. The molecule has 0 amide bonds. The molecule has 1 N–H and O–H groups in total. The van der Waals surface area contributed by atoms with Crippen molar-refractivity contribution in [2.45, 2.75) is 77.4 Å². The fraction of sp³-hybridized carbons (Fsp3) is 0.591. The molecule has 1 aromatic carbocycles. The lowest BCUT2D eigenvalue weighted by molar-refractivity contribution is 0.256. The minimum atomic E-state index is -1.90. The predicted molar refractivity (Wildman–Crippen MR) is 129 cm³/mol. The Morgan fingerprint density at radius 3 is 2.17 bits per heavy atom. The van der Waals surface area contributed by atoms with Crippen LogP contribution in [0.25, 0.3) is 10.4 Å². The highest BCUT2D eigenvalue weighted by molar-refractivity contribution is 7.90. The summed E-state index contributed by atoms with van der Waals surface area (Å²) in [5.74, 6) is 0. The molecule has 2 rings (SSSR count). The van der Waals surface area contributed by atoms with Crippen molar-refractivity contribution in [2.24, 2.45) is 0 Å². The SMILES string of the molecule is Cc1ncsc1-c1ccc(C(CO[Si](C)(C)C(C)(C)C)N[S@@+]([O-])C(C)(C)C)cc1. The number of hydrogen-bond acceptors (Lipinski definition) is 5. The van der Waals surface area contributed by atoms with Gasteiger partial charge in [0.2, 0.25) is 0 Å². The van der Waals surface area contributed by atoms with Crippen LogP contribution in [-0.4, -0.2) is 29.2 Å². The third-order valence-electron chi connectivity index (χ3n) is 5.54. The van der Waals surface area contributed by atoms with E-state index in [1.165, 1.54) is 4.88 Å². The lowest BCUT2D eigenvalue weighted by Crippen LogP contribution is -2.46. The van der Waals surface area contributed by atoms with Gasteiger partial charge in [-0.15, -0.1) is 16.1 Å². The fourth-order valence-electron chi connectivity index (χ4n) is 2.46. The molecule has 7 heteroatoms. The first kappa shape index (κ1) is 24.6. The van der Waals surface area contributed by atoms with Crippen LogP contribution in [0.2, 0.25) is 18.1 Å². The number of nitrogens with one attached hydrogen (secondary N) is 1. The van der Waals surface area contributed by atoms with E-state index in [9.17, 15) is 4.55 Å².